The predicted molar refractivity (Wildman–Crippen MR) is 105 cm³/mol. The largest absolute Gasteiger partial charge is 0.480 e. The second-order valence-corrected chi connectivity index (χ2v) is 7.69. The molecule has 0 unspecified atom stereocenters. The number of ether oxygens (including phenoxy) is 2. The molecule has 27 heavy (non-hydrogen) atoms. The summed E-state index contributed by atoms with van der Waals surface area (Å²) in [5, 5.41) is 3.53. The van der Waals surface area contributed by atoms with Crippen molar-refractivity contribution in [3.63, 3.8) is 0 Å². The number of halogens is 2. The van der Waals surface area contributed by atoms with E-state index >= 15 is 0 Å². The van der Waals surface area contributed by atoms with E-state index in [1.54, 1.807) is 13.2 Å². The van der Waals surface area contributed by atoms with Crippen LogP contribution >= 0.6 is 27.3 Å². The third kappa shape index (κ3) is 4.26. The molecule has 3 aromatic rings. The highest BCUT2D eigenvalue weighted by Crippen LogP contribution is 2.35. The lowest BCUT2D eigenvalue weighted by molar-refractivity contribution is 0.0954. The van der Waals surface area contributed by atoms with Crippen LogP contribution in [0, 0.1) is 12.7 Å². The number of fused-ring (bicyclic) bond motifs is 1. The normalized spacial score (nSPS) is 11.0. The summed E-state index contributed by atoms with van der Waals surface area (Å²) in [4.78, 5) is 22.6. The number of aryl methyl sites for hydroxylation is 1. The fourth-order valence-corrected chi connectivity index (χ4v) is 4.30. The average molecular weight is 454 g/mol. The van der Waals surface area contributed by atoms with Crippen LogP contribution in [0.15, 0.2) is 22.7 Å². The van der Waals surface area contributed by atoms with Crippen molar-refractivity contribution in [1.82, 2.24) is 15.3 Å². The molecule has 0 aliphatic carbocycles. The van der Waals surface area contributed by atoms with Gasteiger partial charge in [-0.2, -0.15) is 4.98 Å². The summed E-state index contributed by atoms with van der Waals surface area (Å²) in [6, 6.07) is 4.50. The van der Waals surface area contributed by atoms with Gasteiger partial charge < -0.3 is 14.8 Å². The van der Waals surface area contributed by atoms with Crippen LogP contribution in [0.25, 0.3) is 10.2 Å². The van der Waals surface area contributed by atoms with Crippen molar-refractivity contribution in [2.75, 3.05) is 14.2 Å². The molecule has 0 atom stereocenters. The molecule has 6 nitrogen and oxygen atoms in total. The van der Waals surface area contributed by atoms with Gasteiger partial charge in [-0.05, 0) is 36.2 Å². The van der Waals surface area contributed by atoms with Crippen molar-refractivity contribution >= 4 is 43.4 Å². The molecule has 1 amide bonds. The number of thiophene rings is 1. The monoisotopic (exact) mass is 453 g/mol. The molecule has 0 spiro atoms. The molecule has 9 heteroatoms. The van der Waals surface area contributed by atoms with Gasteiger partial charge in [0, 0.05) is 18.1 Å². The second kappa shape index (κ2) is 8.28. The summed E-state index contributed by atoms with van der Waals surface area (Å²) < 4.78 is 24.5. The molecular formula is C18H17BrFN3O3S. The number of rotatable bonds is 6. The van der Waals surface area contributed by atoms with Gasteiger partial charge in [-0.1, -0.05) is 15.9 Å². The summed E-state index contributed by atoms with van der Waals surface area (Å²) in [6.07, 6.45) is 0. The molecule has 0 fully saturated rings. The molecule has 3 rings (SSSR count). The van der Waals surface area contributed by atoms with Crippen molar-refractivity contribution < 1.29 is 18.7 Å². The first-order valence-electron chi connectivity index (χ1n) is 7.99. The standard InChI is InChI=1S/C18H17BrFN3O3S/c1-9-14-17(26-3)22-13(8-25-2)23-18(14)27-15(9)16(24)21-7-10-4-11(19)6-12(20)5-10/h4-6H,7-8H2,1-3H3,(H,21,24). The molecule has 0 aliphatic heterocycles. The van der Waals surface area contributed by atoms with E-state index in [4.69, 9.17) is 9.47 Å². The summed E-state index contributed by atoms with van der Waals surface area (Å²) in [5.41, 5.74) is 1.41. The Morgan fingerprint density at radius 2 is 2.07 bits per heavy atom. The highest BCUT2D eigenvalue weighted by molar-refractivity contribution is 9.10. The highest BCUT2D eigenvalue weighted by atomic mass is 79.9. The molecular weight excluding hydrogens is 437 g/mol. The van der Waals surface area contributed by atoms with Gasteiger partial charge in [-0.25, -0.2) is 9.37 Å². The Morgan fingerprint density at radius 1 is 1.30 bits per heavy atom. The number of nitrogens with one attached hydrogen (secondary N) is 1. The Bertz CT molecular complexity index is 989. The fraction of sp³-hybridized carbons (Fsp3) is 0.278. The molecule has 0 radical (unpaired) electrons. The molecule has 1 aromatic carbocycles. The molecule has 0 saturated carbocycles. The van der Waals surface area contributed by atoms with Crippen molar-refractivity contribution in [2.45, 2.75) is 20.1 Å². The number of nitrogens with zero attached hydrogens (tertiary/aromatic N) is 2. The van der Waals surface area contributed by atoms with E-state index in [2.05, 4.69) is 31.2 Å². The van der Waals surface area contributed by atoms with Crippen LogP contribution in [0.3, 0.4) is 0 Å². The van der Waals surface area contributed by atoms with Gasteiger partial charge in [0.15, 0.2) is 5.82 Å². The number of methoxy groups -OCH3 is 2. The first-order chi connectivity index (χ1) is 12.9. The average Bonchev–Trinajstić information content (AvgIpc) is 2.95. The maximum atomic E-state index is 13.5. The maximum absolute atomic E-state index is 13.5. The molecule has 2 heterocycles. The first kappa shape index (κ1) is 19.7. The number of carbonyl (C=O) groups excluding carboxylic acids is 1. The third-order valence-electron chi connectivity index (χ3n) is 3.85. The Kier molecular flexibility index (Phi) is 6.03. The minimum absolute atomic E-state index is 0.209. The summed E-state index contributed by atoms with van der Waals surface area (Å²) in [6.45, 7) is 2.29. The van der Waals surface area contributed by atoms with Crippen molar-refractivity contribution in [3.05, 3.63) is 50.3 Å². The van der Waals surface area contributed by atoms with E-state index in [1.807, 2.05) is 6.92 Å². The van der Waals surface area contributed by atoms with E-state index in [0.29, 0.717) is 36.8 Å². The Morgan fingerprint density at radius 3 is 2.74 bits per heavy atom. The van der Waals surface area contributed by atoms with Gasteiger partial charge in [-0.3, -0.25) is 4.79 Å². The fourth-order valence-electron chi connectivity index (χ4n) is 2.68. The number of benzene rings is 1. The van der Waals surface area contributed by atoms with Gasteiger partial charge in [-0.15, -0.1) is 11.3 Å². The molecule has 142 valence electrons. The van der Waals surface area contributed by atoms with Gasteiger partial charge in [0.25, 0.3) is 5.91 Å². The van der Waals surface area contributed by atoms with Crippen LogP contribution in [0.4, 0.5) is 4.39 Å². The number of carbonyl (C=O) groups is 1. The zero-order valence-corrected chi connectivity index (χ0v) is 17.3. The molecule has 0 saturated heterocycles. The van der Waals surface area contributed by atoms with Crippen LogP contribution in [-0.2, 0) is 17.9 Å². The quantitative estimate of drug-likeness (QED) is 0.610. The number of hydrogen-bond acceptors (Lipinski definition) is 6. The molecule has 0 bridgehead atoms. The van der Waals surface area contributed by atoms with Crippen LogP contribution in [0.2, 0.25) is 0 Å². The van der Waals surface area contributed by atoms with E-state index in [0.717, 1.165) is 5.56 Å². The van der Waals surface area contributed by atoms with Gasteiger partial charge in [0.1, 0.15) is 17.3 Å². The number of amides is 1. The summed E-state index contributed by atoms with van der Waals surface area (Å²) >= 11 is 4.51. The lowest BCUT2D eigenvalue weighted by Crippen LogP contribution is -2.22. The molecule has 2 aromatic heterocycles. The Labute approximate surface area is 167 Å². The lowest BCUT2D eigenvalue weighted by Gasteiger charge is -2.06. The predicted octanol–water partition coefficient (Wildman–Crippen LogP) is 3.99. The Balaban J connectivity index is 1.89. The van der Waals surface area contributed by atoms with Crippen LogP contribution < -0.4 is 10.1 Å². The maximum Gasteiger partial charge on any atom is 0.261 e. The van der Waals surface area contributed by atoms with E-state index in [1.165, 1.54) is 30.6 Å². The first-order valence-corrected chi connectivity index (χ1v) is 9.60. The minimum Gasteiger partial charge on any atom is -0.480 e. The number of hydrogen-bond donors (Lipinski definition) is 1. The van der Waals surface area contributed by atoms with Crippen molar-refractivity contribution in [2.24, 2.45) is 0 Å². The molecule has 0 aliphatic rings. The smallest absolute Gasteiger partial charge is 0.261 e. The van der Waals surface area contributed by atoms with Crippen molar-refractivity contribution in [3.8, 4) is 5.88 Å². The van der Waals surface area contributed by atoms with E-state index < -0.39 is 0 Å². The minimum atomic E-state index is -0.364. The van der Waals surface area contributed by atoms with Crippen LogP contribution in [-0.4, -0.2) is 30.1 Å². The summed E-state index contributed by atoms with van der Waals surface area (Å²) in [5.74, 6) is 0.275. The van der Waals surface area contributed by atoms with Crippen LogP contribution in [0.1, 0.15) is 26.6 Å². The Hall–Kier alpha value is -2.10. The zero-order chi connectivity index (χ0) is 19.6. The topological polar surface area (TPSA) is 73.3 Å². The lowest BCUT2D eigenvalue weighted by atomic mass is 10.2. The SMILES string of the molecule is COCc1nc(OC)c2c(C)c(C(=O)NCc3cc(F)cc(Br)c3)sc2n1. The third-order valence-corrected chi connectivity index (χ3v) is 5.49. The molecule has 1 N–H and O–H groups in total. The van der Waals surface area contributed by atoms with Crippen LogP contribution in [0.5, 0.6) is 5.88 Å². The zero-order valence-electron chi connectivity index (χ0n) is 14.9. The van der Waals surface area contributed by atoms with Gasteiger partial charge >= 0.3 is 0 Å². The van der Waals surface area contributed by atoms with E-state index in [-0.39, 0.29) is 24.9 Å². The summed E-state index contributed by atoms with van der Waals surface area (Å²) in [7, 11) is 3.08. The highest BCUT2D eigenvalue weighted by Gasteiger charge is 2.21. The van der Waals surface area contributed by atoms with Gasteiger partial charge in [0.05, 0.1) is 17.4 Å². The second-order valence-electron chi connectivity index (χ2n) is 5.78. The van der Waals surface area contributed by atoms with E-state index in [9.17, 15) is 9.18 Å². The van der Waals surface area contributed by atoms with Crippen molar-refractivity contribution in [1.29, 1.82) is 0 Å². The van der Waals surface area contributed by atoms with Gasteiger partial charge in [0.2, 0.25) is 5.88 Å². The number of aromatic nitrogens is 2.